The fourth-order valence-corrected chi connectivity index (χ4v) is 4.04. The van der Waals surface area contributed by atoms with Gasteiger partial charge in [0.05, 0.1) is 26.9 Å². The number of aliphatic hydroxyl groups is 2. The van der Waals surface area contributed by atoms with Crippen LogP contribution in [-0.4, -0.2) is 26.9 Å². The number of thiazole rings is 1. The molecule has 1 fully saturated rings. The summed E-state index contributed by atoms with van der Waals surface area (Å²) < 4.78 is 1.14. The van der Waals surface area contributed by atoms with Gasteiger partial charge in [-0.05, 0) is 25.0 Å². The SMILES string of the molecule is OC(Cc1nc2ccccc2s1)C1(O)CCCCCC1. The number of aliphatic hydroxyl groups excluding tert-OH is 1. The highest BCUT2D eigenvalue weighted by Crippen LogP contribution is 2.32. The van der Waals surface area contributed by atoms with Crippen LogP contribution in [0.25, 0.3) is 10.2 Å². The molecule has 2 aromatic rings. The van der Waals surface area contributed by atoms with E-state index in [1.807, 2.05) is 24.3 Å². The summed E-state index contributed by atoms with van der Waals surface area (Å²) in [5, 5.41) is 22.0. The molecule has 1 aliphatic rings. The second-order valence-corrected chi connectivity index (χ2v) is 6.93. The van der Waals surface area contributed by atoms with Crippen LogP contribution in [-0.2, 0) is 6.42 Å². The molecule has 0 bridgehead atoms. The fraction of sp³-hybridized carbons (Fsp3) is 0.562. The summed E-state index contributed by atoms with van der Waals surface area (Å²) in [6.45, 7) is 0. The van der Waals surface area contributed by atoms with Crippen molar-refractivity contribution >= 4 is 21.6 Å². The Morgan fingerprint density at radius 2 is 1.85 bits per heavy atom. The van der Waals surface area contributed by atoms with E-state index < -0.39 is 11.7 Å². The van der Waals surface area contributed by atoms with Crippen molar-refractivity contribution in [2.24, 2.45) is 0 Å². The number of nitrogens with zero attached hydrogens (tertiary/aromatic N) is 1. The number of para-hydroxylation sites is 1. The van der Waals surface area contributed by atoms with E-state index in [0.717, 1.165) is 40.9 Å². The molecule has 4 heteroatoms. The highest BCUT2D eigenvalue weighted by atomic mass is 32.1. The molecule has 108 valence electrons. The first-order valence-electron chi connectivity index (χ1n) is 7.42. The zero-order chi connectivity index (χ0) is 14.0. The molecule has 1 aliphatic carbocycles. The van der Waals surface area contributed by atoms with Crippen LogP contribution < -0.4 is 0 Å². The normalized spacial score (nSPS) is 20.7. The Hall–Kier alpha value is -0.970. The standard InChI is InChI=1S/C16H21NO2S/c18-14(16(19)9-5-1-2-6-10-16)11-15-17-12-7-3-4-8-13(12)20-15/h3-4,7-8,14,18-19H,1-2,5-6,9-11H2. The second-order valence-electron chi connectivity index (χ2n) is 5.81. The first-order valence-corrected chi connectivity index (χ1v) is 8.24. The predicted octanol–water partition coefficient (Wildman–Crippen LogP) is 3.29. The average molecular weight is 291 g/mol. The van der Waals surface area contributed by atoms with Crippen molar-refractivity contribution in [2.75, 3.05) is 0 Å². The monoisotopic (exact) mass is 291 g/mol. The Bertz CT molecular complexity index is 540. The molecule has 0 spiro atoms. The topological polar surface area (TPSA) is 53.4 Å². The van der Waals surface area contributed by atoms with E-state index in [0.29, 0.717) is 19.3 Å². The molecule has 0 amide bonds. The van der Waals surface area contributed by atoms with Gasteiger partial charge in [0, 0.05) is 6.42 Å². The van der Waals surface area contributed by atoms with Crippen molar-refractivity contribution < 1.29 is 10.2 Å². The predicted molar refractivity (Wildman–Crippen MR) is 82.0 cm³/mol. The van der Waals surface area contributed by atoms with E-state index >= 15 is 0 Å². The summed E-state index contributed by atoms with van der Waals surface area (Å²) in [5.74, 6) is 0. The highest BCUT2D eigenvalue weighted by Gasteiger charge is 2.36. The summed E-state index contributed by atoms with van der Waals surface area (Å²) in [5.41, 5.74) is 0.0570. The van der Waals surface area contributed by atoms with E-state index in [2.05, 4.69) is 4.98 Å². The van der Waals surface area contributed by atoms with Crippen LogP contribution in [0.5, 0.6) is 0 Å². The van der Waals surface area contributed by atoms with E-state index in [1.54, 1.807) is 11.3 Å². The zero-order valence-corrected chi connectivity index (χ0v) is 12.4. The number of aromatic nitrogens is 1. The minimum atomic E-state index is -0.922. The van der Waals surface area contributed by atoms with Crippen molar-refractivity contribution in [1.82, 2.24) is 4.98 Å². The van der Waals surface area contributed by atoms with Gasteiger partial charge in [-0.15, -0.1) is 11.3 Å². The van der Waals surface area contributed by atoms with Crippen LogP contribution in [0.1, 0.15) is 43.5 Å². The van der Waals surface area contributed by atoms with Crippen molar-refractivity contribution in [2.45, 2.75) is 56.7 Å². The van der Waals surface area contributed by atoms with Gasteiger partial charge in [-0.3, -0.25) is 0 Å². The summed E-state index contributed by atoms with van der Waals surface area (Å²) in [7, 11) is 0. The molecule has 1 heterocycles. The lowest BCUT2D eigenvalue weighted by Crippen LogP contribution is -2.43. The third kappa shape index (κ3) is 2.87. The molecule has 0 saturated heterocycles. The maximum atomic E-state index is 10.7. The van der Waals surface area contributed by atoms with E-state index in [4.69, 9.17) is 0 Å². The van der Waals surface area contributed by atoms with Crippen LogP contribution in [0.4, 0.5) is 0 Å². The first-order chi connectivity index (χ1) is 9.67. The first kappa shape index (κ1) is 14.0. The number of benzene rings is 1. The number of hydrogen-bond acceptors (Lipinski definition) is 4. The van der Waals surface area contributed by atoms with E-state index in [1.165, 1.54) is 0 Å². The largest absolute Gasteiger partial charge is 0.390 e. The minimum absolute atomic E-state index is 0.454. The van der Waals surface area contributed by atoms with Crippen LogP contribution >= 0.6 is 11.3 Å². The summed E-state index contributed by atoms with van der Waals surface area (Å²) in [6, 6.07) is 8.01. The lowest BCUT2D eigenvalue weighted by atomic mass is 9.87. The quantitative estimate of drug-likeness (QED) is 0.853. The van der Waals surface area contributed by atoms with Gasteiger partial charge in [0.2, 0.25) is 0 Å². The van der Waals surface area contributed by atoms with Crippen molar-refractivity contribution in [1.29, 1.82) is 0 Å². The van der Waals surface area contributed by atoms with Gasteiger partial charge >= 0.3 is 0 Å². The molecule has 1 aromatic carbocycles. The van der Waals surface area contributed by atoms with Crippen LogP contribution in [0.2, 0.25) is 0 Å². The number of rotatable bonds is 3. The average Bonchev–Trinajstić information content (AvgIpc) is 2.71. The second kappa shape index (κ2) is 5.80. The van der Waals surface area contributed by atoms with Gasteiger partial charge in [-0.1, -0.05) is 37.8 Å². The molecule has 1 saturated carbocycles. The Morgan fingerprint density at radius 3 is 2.55 bits per heavy atom. The lowest BCUT2D eigenvalue weighted by Gasteiger charge is -2.31. The molecule has 3 rings (SSSR count). The van der Waals surface area contributed by atoms with Crippen molar-refractivity contribution in [3.8, 4) is 0 Å². The maximum Gasteiger partial charge on any atom is 0.0965 e. The van der Waals surface area contributed by atoms with Gasteiger partial charge in [0.25, 0.3) is 0 Å². The van der Waals surface area contributed by atoms with Gasteiger partial charge in [0.15, 0.2) is 0 Å². The van der Waals surface area contributed by atoms with E-state index in [9.17, 15) is 10.2 Å². The molecule has 1 aromatic heterocycles. The Kier molecular flexibility index (Phi) is 4.06. The summed E-state index contributed by atoms with van der Waals surface area (Å²) in [6.07, 6.45) is 5.50. The maximum absolute atomic E-state index is 10.7. The Balaban J connectivity index is 1.75. The molecule has 1 atom stereocenters. The lowest BCUT2D eigenvalue weighted by molar-refractivity contribution is -0.0836. The van der Waals surface area contributed by atoms with Crippen LogP contribution in [0, 0.1) is 0 Å². The smallest absolute Gasteiger partial charge is 0.0965 e. The number of fused-ring (bicyclic) bond motifs is 1. The highest BCUT2D eigenvalue weighted by molar-refractivity contribution is 7.18. The van der Waals surface area contributed by atoms with Crippen LogP contribution in [0.15, 0.2) is 24.3 Å². The number of hydrogen-bond donors (Lipinski definition) is 2. The molecule has 2 N–H and O–H groups in total. The van der Waals surface area contributed by atoms with Crippen molar-refractivity contribution in [3.63, 3.8) is 0 Å². The minimum Gasteiger partial charge on any atom is -0.390 e. The van der Waals surface area contributed by atoms with E-state index in [-0.39, 0.29) is 0 Å². The Morgan fingerprint density at radius 1 is 1.15 bits per heavy atom. The van der Waals surface area contributed by atoms with Gasteiger partial charge < -0.3 is 10.2 Å². The van der Waals surface area contributed by atoms with Gasteiger partial charge in [0.1, 0.15) is 0 Å². The molecule has 3 nitrogen and oxygen atoms in total. The molecule has 0 aliphatic heterocycles. The van der Waals surface area contributed by atoms with Crippen molar-refractivity contribution in [3.05, 3.63) is 29.3 Å². The third-order valence-electron chi connectivity index (χ3n) is 4.30. The Labute approximate surface area is 123 Å². The molecular weight excluding hydrogens is 270 g/mol. The summed E-state index contributed by atoms with van der Waals surface area (Å²) in [4.78, 5) is 4.55. The molecule has 20 heavy (non-hydrogen) atoms. The molecular formula is C16H21NO2S. The van der Waals surface area contributed by atoms with Crippen LogP contribution in [0.3, 0.4) is 0 Å². The summed E-state index contributed by atoms with van der Waals surface area (Å²) >= 11 is 1.61. The fourth-order valence-electron chi connectivity index (χ4n) is 3.04. The van der Waals surface area contributed by atoms with Gasteiger partial charge in [-0.25, -0.2) is 4.98 Å². The molecule has 0 radical (unpaired) electrons. The zero-order valence-electron chi connectivity index (χ0n) is 11.6. The van der Waals surface area contributed by atoms with Gasteiger partial charge in [-0.2, -0.15) is 0 Å². The molecule has 1 unspecified atom stereocenters. The third-order valence-corrected chi connectivity index (χ3v) is 5.35.